The number of para-hydroxylation sites is 2. The minimum atomic E-state index is -0.374. The van der Waals surface area contributed by atoms with Crippen LogP contribution in [0.5, 0.6) is 17.2 Å². The molecule has 1 N–H and O–H groups in total. The van der Waals surface area contributed by atoms with Crippen molar-refractivity contribution in [1.29, 1.82) is 0 Å². The summed E-state index contributed by atoms with van der Waals surface area (Å²) < 4.78 is 13.0. The Morgan fingerprint density at radius 1 is 0.857 bits per heavy atom. The molecule has 8 nitrogen and oxygen atoms in total. The fourth-order valence-electron chi connectivity index (χ4n) is 3.91. The van der Waals surface area contributed by atoms with Crippen LogP contribution in [0.15, 0.2) is 78.9 Å². The van der Waals surface area contributed by atoms with Gasteiger partial charge in [0.2, 0.25) is 0 Å². The van der Waals surface area contributed by atoms with Crippen LogP contribution in [0.25, 0.3) is 16.8 Å². The van der Waals surface area contributed by atoms with Gasteiger partial charge in [0.15, 0.2) is 11.3 Å². The minimum Gasteiger partial charge on any atom is -0.496 e. The van der Waals surface area contributed by atoms with Crippen LogP contribution >= 0.6 is 0 Å². The van der Waals surface area contributed by atoms with E-state index in [-0.39, 0.29) is 11.6 Å². The van der Waals surface area contributed by atoms with E-state index in [2.05, 4.69) is 20.6 Å². The lowest BCUT2D eigenvalue weighted by Gasteiger charge is -2.10. The molecule has 8 heteroatoms. The first kappa shape index (κ1) is 22.1. The van der Waals surface area contributed by atoms with Gasteiger partial charge in [-0.05, 0) is 56.3 Å². The normalized spacial score (nSPS) is 10.8. The van der Waals surface area contributed by atoms with Crippen molar-refractivity contribution in [3.05, 3.63) is 95.9 Å². The zero-order chi connectivity index (χ0) is 24.4. The van der Waals surface area contributed by atoms with Crippen molar-refractivity contribution < 1.29 is 14.3 Å². The Bertz CT molecular complexity index is 1510. The summed E-state index contributed by atoms with van der Waals surface area (Å²) in [5, 5.41) is 16.1. The maximum absolute atomic E-state index is 13.0. The topological polar surface area (TPSA) is 90.6 Å². The Labute approximate surface area is 202 Å². The van der Waals surface area contributed by atoms with E-state index in [0.717, 1.165) is 22.6 Å². The lowest BCUT2D eigenvalue weighted by atomic mass is 10.1. The van der Waals surface area contributed by atoms with Crippen LogP contribution in [0, 0.1) is 13.8 Å². The number of fused-ring (bicyclic) bond motifs is 1. The Morgan fingerprint density at radius 3 is 2.29 bits per heavy atom. The van der Waals surface area contributed by atoms with Gasteiger partial charge in [-0.2, -0.15) is 5.10 Å². The van der Waals surface area contributed by atoms with Crippen molar-refractivity contribution in [2.24, 2.45) is 0 Å². The molecular weight excluding hydrogens is 442 g/mol. The molecule has 0 unspecified atom stereocenters. The van der Waals surface area contributed by atoms with E-state index in [1.54, 1.807) is 42.8 Å². The van der Waals surface area contributed by atoms with E-state index in [4.69, 9.17) is 9.47 Å². The van der Waals surface area contributed by atoms with E-state index in [1.165, 1.54) is 0 Å². The molecule has 3 aromatic carbocycles. The first-order chi connectivity index (χ1) is 17.0. The molecule has 5 rings (SSSR count). The third-order valence-electron chi connectivity index (χ3n) is 5.62. The number of methoxy groups -OCH3 is 1. The molecule has 0 fully saturated rings. The van der Waals surface area contributed by atoms with Gasteiger partial charge in [-0.1, -0.05) is 36.4 Å². The lowest BCUT2D eigenvalue weighted by Crippen LogP contribution is -2.18. The summed E-state index contributed by atoms with van der Waals surface area (Å²) in [5.74, 6) is 1.75. The number of rotatable bonds is 6. The molecule has 2 aromatic heterocycles. The molecule has 0 aliphatic rings. The number of amides is 1. The molecule has 5 aromatic rings. The number of anilines is 1. The summed E-state index contributed by atoms with van der Waals surface area (Å²) in [6.45, 7) is 3.69. The number of aryl methyl sites for hydroxylation is 2. The molecule has 0 aliphatic heterocycles. The Hall–Kier alpha value is -4.72. The number of hydrogen-bond donors (Lipinski definition) is 1. The van der Waals surface area contributed by atoms with E-state index in [9.17, 15) is 4.79 Å². The second kappa shape index (κ2) is 9.26. The van der Waals surface area contributed by atoms with Crippen molar-refractivity contribution in [2.45, 2.75) is 13.8 Å². The highest BCUT2D eigenvalue weighted by Crippen LogP contribution is 2.34. The molecule has 174 valence electrons. The Morgan fingerprint density at radius 2 is 1.54 bits per heavy atom. The van der Waals surface area contributed by atoms with Gasteiger partial charge in [-0.25, -0.2) is 4.52 Å². The zero-order valence-corrected chi connectivity index (χ0v) is 19.5. The van der Waals surface area contributed by atoms with Gasteiger partial charge >= 0.3 is 0 Å². The predicted molar refractivity (Wildman–Crippen MR) is 133 cm³/mol. The molecule has 0 saturated heterocycles. The van der Waals surface area contributed by atoms with Crippen LogP contribution in [-0.2, 0) is 0 Å². The molecule has 0 bridgehead atoms. The molecule has 2 heterocycles. The third kappa shape index (κ3) is 4.29. The highest BCUT2D eigenvalue weighted by atomic mass is 16.5. The van der Waals surface area contributed by atoms with Gasteiger partial charge in [0.1, 0.15) is 17.2 Å². The molecule has 0 radical (unpaired) electrons. The van der Waals surface area contributed by atoms with Crippen molar-refractivity contribution in [3.8, 4) is 28.4 Å². The fourth-order valence-corrected chi connectivity index (χ4v) is 3.91. The zero-order valence-electron chi connectivity index (χ0n) is 19.5. The molecule has 0 saturated carbocycles. The number of carbonyl (C=O) groups excluding carboxylic acids is 1. The van der Waals surface area contributed by atoms with Crippen molar-refractivity contribution >= 4 is 17.2 Å². The monoisotopic (exact) mass is 465 g/mol. The van der Waals surface area contributed by atoms with Gasteiger partial charge in [0, 0.05) is 11.3 Å². The van der Waals surface area contributed by atoms with Crippen molar-refractivity contribution in [2.75, 3.05) is 12.4 Å². The molecule has 35 heavy (non-hydrogen) atoms. The van der Waals surface area contributed by atoms with Crippen molar-refractivity contribution in [3.63, 3.8) is 0 Å². The average Bonchev–Trinajstić information content (AvgIpc) is 3.22. The Kier molecular flexibility index (Phi) is 5.85. The number of carbonyl (C=O) groups is 1. The van der Waals surface area contributed by atoms with Gasteiger partial charge in [-0.15, -0.1) is 10.2 Å². The SMILES string of the molecule is COc1ccccc1-c1c(C)nn2c(C)c(C(=O)Nc3ccc(Oc4ccccc4)cc3)nnc12. The van der Waals surface area contributed by atoms with Crippen LogP contribution < -0.4 is 14.8 Å². The van der Waals surface area contributed by atoms with Crippen molar-refractivity contribution in [1.82, 2.24) is 19.8 Å². The Balaban J connectivity index is 1.40. The number of nitrogens with one attached hydrogen (secondary N) is 1. The number of hydrogen-bond acceptors (Lipinski definition) is 6. The standard InChI is InChI=1S/C27H23N5O3/c1-17-24(22-11-7-8-12-23(22)34-3)26-30-29-25(18(2)32(26)31-17)27(33)28-19-13-15-21(16-14-19)35-20-9-5-4-6-10-20/h4-16H,1-3H3,(H,28,33). The van der Waals surface area contributed by atoms with Crippen LogP contribution in [-0.4, -0.2) is 32.8 Å². The lowest BCUT2D eigenvalue weighted by molar-refractivity contribution is 0.102. The average molecular weight is 466 g/mol. The maximum Gasteiger partial charge on any atom is 0.278 e. The van der Waals surface area contributed by atoms with Gasteiger partial charge < -0.3 is 14.8 Å². The summed E-state index contributed by atoms with van der Waals surface area (Å²) >= 11 is 0. The summed E-state index contributed by atoms with van der Waals surface area (Å²) in [4.78, 5) is 13.0. The second-order valence-corrected chi connectivity index (χ2v) is 7.92. The fraction of sp³-hybridized carbons (Fsp3) is 0.111. The van der Waals surface area contributed by atoms with E-state index >= 15 is 0 Å². The van der Waals surface area contributed by atoms with Gasteiger partial charge in [0.05, 0.1) is 24.1 Å². The maximum atomic E-state index is 13.0. The highest BCUT2D eigenvalue weighted by molar-refractivity contribution is 6.03. The summed E-state index contributed by atoms with van der Waals surface area (Å²) in [7, 11) is 1.62. The van der Waals surface area contributed by atoms with Gasteiger partial charge in [0.25, 0.3) is 5.91 Å². The van der Waals surface area contributed by atoms with Crippen LogP contribution in [0.2, 0.25) is 0 Å². The smallest absolute Gasteiger partial charge is 0.278 e. The predicted octanol–water partition coefficient (Wildman–Crippen LogP) is 5.46. The van der Waals surface area contributed by atoms with E-state index in [1.807, 2.05) is 61.5 Å². The number of aromatic nitrogens is 4. The van der Waals surface area contributed by atoms with Gasteiger partial charge in [-0.3, -0.25) is 4.79 Å². The van der Waals surface area contributed by atoms with Crippen LogP contribution in [0.4, 0.5) is 5.69 Å². The van der Waals surface area contributed by atoms with E-state index in [0.29, 0.717) is 28.5 Å². The third-order valence-corrected chi connectivity index (χ3v) is 5.62. The number of ether oxygens (including phenoxy) is 2. The molecule has 0 atom stereocenters. The highest BCUT2D eigenvalue weighted by Gasteiger charge is 2.22. The van der Waals surface area contributed by atoms with E-state index < -0.39 is 0 Å². The number of nitrogens with zero attached hydrogens (tertiary/aromatic N) is 4. The summed E-state index contributed by atoms with van der Waals surface area (Å²) in [6, 6.07) is 24.3. The molecular formula is C27H23N5O3. The second-order valence-electron chi connectivity index (χ2n) is 7.92. The first-order valence-electron chi connectivity index (χ1n) is 11.1. The minimum absolute atomic E-state index is 0.191. The van der Waals surface area contributed by atoms with Crippen LogP contribution in [0.1, 0.15) is 21.9 Å². The quantitative estimate of drug-likeness (QED) is 0.358. The van der Waals surface area contributed by atoms with Crippen LogP contribution in [0.3, 0.4) is 0 Å². The largest absolute Gasteiger partial charge is 0.496 e. The molecule has 0 spiro atoms. The molecule has 1 amide bonds. The summed E-state index contributed by atoms with van der Waals surface area (Å²) in [6.07, 6.45) is 0. The summed E-state index contributed by atoms with van der Waals surface area (Å²) in [5.41, 5.74) is 4.40. The first-order valence-corrected chi connectivity index (χ1v) is 11.1. The number of benzene rings is 3. The molecule has 0 aliphatic carbocycles.